The summed E-state index contributed by atoms with van der Waals surface area (Å²) in [4.78, 5) is 24.2. The number of carbonyl (C=O) groups is 1. The molecule has 0 saturated heterocycles. The van der Waals surface area contributed by atoms with Gasteiger partial charge in [-0.25, -0.2) is 4.79 Å². The zero-order chi connectivity index (χ0) is 15.6. The Morgan fingerprint density at radius 2 is 2.05 bits per heavy atom. The van der Waals surface area contributed by atoms with Gasteiger partial charge in [-0.3, -0.25) is 4.79 Å². The molecule has 2 aromatic rings. The molecule has 0 bridgehead atoms. The number of hydrogen-bond acceptors (Lipinski definition) is 4. The number of para-hydroxylation sites is 1. The minimum atomic E-state index is -0.670. The first-order chi connectivity index (χ1) is 9.81. The molecule has 0 aliphatic heterocycles. The normalized spacial score (nSPS) is 11.4. The van der Waals surface area contributed by atoms with E-state index in [0.717, 1.165) is 0 Å². The van der Waals surface area contributed by atoms with Gasteiger partial charge in [0.15, 0.2) is 11.3 Å². The van der Waals surface area contributed by atoms with Crippen molar-refractivity contribution in [2.45, 2.75) is 33.2 Å². The van der Waals surface area contributed by atoms with E-state index in [-0.39, 0.29) is 5.56 Å². The Bertz CT molecular complexity index is 725. The lowest BCUT2D eigenvalue weighted by molar-refractivity contribution is 0.0916. The van der Waals surface area contributed by atoms with E-state index in [2.05, 4.69) is 5.32 Å². The van der Waals surface area contributed by atoms with Crippen LogP contribution in [0.25, 0.3) is 11.0 Å². The molecule has 1 amide bonds. The zero-order valence-electron chi connectivity index (χ0n) is 12.6. The van der Waals surface area contributed by atoms with E-state index < -0.39 is 17.1 Å². The number of nitrogens with one attached hydrogen (secondary N) is 1. The van der Waals surface area contributed by atoms with Gasteiger partial charge in [0.25, 0.3) is 5.91 Å². The first-order valence-electron chi connectivity index (χ1n) is 6.84. The van der Waals surface area contributed by atoms with E-state index in [1.807, 2.05) is 27.7 Å². The fraction of sp³-hybridized carbons (Fsp3) is 0.375. The summed E-state index contributed by atoms with van der Waals surface area (Å²) >= 11 is 0. The molecule has 21 heavy (non-hydrogen) atoms. The highest BCUT2D eigenvalue weighted by Crippen LogP contribution is 2.24. The Morgan fingerprint density at radius 1 is 1.33 bits per heavy atom. The van der Waals surface area contributed by atoms with Crippen molar-refractivity contribution in [3.05, 3.63) is 40.2 Å². The van der Waals surface area contributed by atoms with Crippen molar-refractivity contribution < 1.29 is 13.9 Å². The van der Waals surface area contributed by atoms with Gasteiger partial charge in [-0.2, -0.15) is 0 Å². The van der Waals surface area contributed by atoms with E-state index >= 15 is 0 Å². The lowest BCUT2D eigenvalue weighted by Gasteiger charge is -2.20. The molecular formula is C16H19NO4. The van der Waals surface area contributed by atoms with Crippen LogP contribution in [0.1, 0.15) is 38.1 Å². The summed E-state index contributed by atoms with van der Waals surface area (Å²) in [6.07, 6.45) is 0. The summed E-state index contributed by atoms with van der Waals surface area (Å²) in [5.74, 6) is 0.0508. The minimum Gasteiger partial charge on any atom is -0.490 e. The smallest absolute Gasteiger partial charge is 0.349 e. The van der Waals surface area contributed by atoms with Gasteiger partial charge in [0.1, 0.15) is 5.56 Å². The molecule has 2 rings (SSSR count). The van der Waals surface area contributed by atoms with Gasteiger partial charge in [-0.15, -0.1) is 0 Å². The van der Waals surface area contributed by atoms with Crippen molar-refractivity contribution in [2.75, 3.05) is 6.61 Å². The van der Waals surface area contributed by atoms with Crippen LogP contribution in [0, 0.1) is 0 Å². The molecule has 112 valence electrons. The third-order valence-electron chi connectivity index (χ3n) is 2.76. The highest BCUT2D eigenvalue weighted by Gasteiger charge is 2.20. The number of fused-ring (bicyclic) bond motifs is 1. The molecule has 0 aliphatic rings. The van der Waals surface area contributed by atoms with Crippen LogP contribution in [0.5, 0.6) is 5.75 Å². The third-order valence-corrected chi connectivity index (χ3v) is 2.76. The van der Waals surface area contributed by atoms with Crippen LogP contribution in [0.15, 0.2) is 33.5 Å². The summed E-state index contributed by atoms with van der Waals surface area (Å²) < 4.78 is 10.7. The van der Waals surface area contributed by atoms with Crippen molar-refractivity contribution in [1.29, 1.82) is 0 Å². The summed E-state index contributed by atoms with van der Waals surface area (Å²) in [6, 6.07) is 6.82. The summed E-state index contributed by atoms with van der Waals surface area (Å²) in [5.41, 5.74) is -0.745. The van der Waals surface area contributed by atoms with E-state index in [9.17, 15) is 9.59 Å². The molecule has 1 heterocycles. The fourth-order valence-corrected chi connectivity index (χ4v) is 1.95. The average Bonchev–Trinajstić information content (AvgIpc) is 2.37. The maximum absolute atomic E-state index is 12.1. The van der Waals surface area contributed by atoms with Crippen LogP contribution in [-0.4, -0.2) is 18.1 Å². The van der Waals surface area contributed by atoms with E-state index in [1.54, 1.807) is 18.2 Å². The van der Waals surface area contributed by atoms with Gasteiger partial charge < -0.3 is 14.5 Å². The number of carbonyl (C=O) groups excluding carboxylic acids is 1. The van der Waals surface area contributed by atoms with Crippen molar-refractivity contribution in [1.82, 2.24) is 5.32 Å². The van der Waals surface area contributed by atoms with Crippen molar-refractivity contribution >= 4 is 16.9 Å². The van der Waals surface area contributed by atoms with Crippen molar-refractivity contribution in [2.24, 2.45) is 0 Å². The average molecular weight is 289 g/mol. The maximum atomic E-state index is 12.1. The molecule has 0 spiro atoms. The molecule has 1 aromatic heterocycles. The number of hydrogen-bond donors (Lipinski definition) is 1. The van der Waals surface area contributed by atoms with Gasteiger partial charge >= 0.3 is 5.63 Å². The quantitative estimate of drug-likeness (QED) is 0.882. The van der Waals surface area contributed by atoms with E-state index in [1.165, 1.54) is 6.07 Å². The monoisotopic (exact) mass is 289 g/mol. The molecule has 0 fully saturated rings. The van der Waals surface area contributed by atoms with Crippen LogP contribution in [0.2, 0.25) is 0 Å². The molecule has 1 aromatic carbocycles. The van der Waals surface area contributed by atoms with Crippen molar-refractivity contribution in [3.8, 4) is 5.75 Å². The van der Waals surface area contributed by atoms with Gasteiger partial charge in [-0.05, 0) is 39.8 Å². The van der Waals surface area contributed by atoms with Gasteiger partial charge in [0.2, 0.25) is 0 Å². The standard InChI is InChI=1S/C16H19NO4/c1-5-20-12-8-6-7-10-9-11(15(19)21-13(10)12)14(18)17-16(2,3)4/h6-9H,5H2,1-4H3,(H,17,18). The predicted octanol–water partition coefficient (Wildman–Crippen LogP) is 2.72. The summed E-state index contributed by atoms with van der Waals surface area (Å²) in [7, 11) is 0. The minimum absolute atomic E-state index is 0.00827. The Morgan fingerprint density at radius 3 is 2.67 bits per heavy atom. The van der Waals surface area contributed by atoms with Crippen LogP contribution in [0.3, 0.4) is 0 Å². The van der Waals surface area contributed by atoms with Crippen LogP contribution in [-0.2, 0) is 0 Å². The summed E-state index contributed by atoms with van der Waals surface area (Å²) in [6.45, 7) is 7.86. The van der Waals surface area contributed by atoms with E-state index in [0.29, 0.717) is 23.3 Å². The molecule has 5 heteroatoms. The second kappa shape index (κ2) is 5.60. The largest absolute Gasteiger partial charge is 0.490 e. The molecule has 0 unspecified atom stereocenters. The van der Waals surface area contributed by atoms with Gasteiger partial charge in [0.05, 0.1) is 6.61 Å². The Hall–Kier alpha value is -2.30. The highest BCUT2D eigenvalue weighted by atomic mass is 16.5. The number of amides is 1. The van der Waals surface area contributed by atoms with Crippen LogP contribution < -0.4 is 15.7 Å². The predicted molar refractivity (Wildman–Crippen MR) is 80.9 cm³/mol. The molecule has 0 saturated carbocycles. The number of rotatable bonds is 3. The highest BCUT2D eigenvalue weighted by molar-refractivity contribution is 5.97. The molecule has 5 nitrogen and oxygen atoms in total. The molecule has 1 N–H and O–H groups in total. The lowest BCUT2D eigenvalue weighted by atomic mass is 10.1. The zero-order valence-corrected chi connectivity index (χ0v) is 12.6. The van der Waals surface area contributed by atoms with Gasteiger partial charge in [-0.1, -0.05) is 12.1 Å². The maximum Gasteiger partial charge on any atom is 0.349 e. The Labute approximate surface area is 122 Å². The molecular weight excluding hydrogens is 270 g/mol. The lowest BCUT2D eigenvalue weighted by Crippen LogP contribution is -2.42. The molecule has 0 radical (unpaired) electrons. The fourth-order valence-electron chi connectivity index (χ4n) is 1.95. The van der Waals surface area contributed by atoms with E-state index in [4.69, 9.17) is 9.15 Å². The van der Waals surface area contributed by atoms with Crippen LogP contribution in [0.4, 0.5) is 0 Å². The Balaban J connectivity index is 2.51. The SMILES string of the molecule is CCOc1cccc2cc(C(=O)NC(C)(C)C)c(=O)oc12. The number of benzene rings is 1. The second-order valence-electron chi connectivity index (χ2n) is 5.76. The first kappa shape index (κ1) is 15.1. The van der Waals surface area contributed by atoms with Gasteiger partial charge in [0, 0.05) is 10.9 Å². The first-order valence-corrected chi connectivity index (χ1v) is 6.84. The van der Waals surface area contributed by atoms with Crippen molar-refractivity contribution in [3.63, 3.8) is 0 Å². The molecule has 0 aliphatic carbocycles. The third kappa shape index (κ3) is 3.42. The topological polar surface area (TPSA) is 68.5 Å². The van der Waals surface area contributed by atoms with Crippen LogP contribution >= 0.6 is 0 Å². The molecule has 0 atom stereocenters. The second-order valence-corrected chi connectivity index (χ2v) is 5.76. The Kier molecular flexibility index (Phi) is 4.02. The summed E-state index contributed by atoms with van der Waals surface area (Å²) in [5, 5.41) is 3.40. The number of ether oxygens (including phenoxy) is 1.